The summed E-state index contributed by atoms with van der Waals surface area (Å²) < 4.78 is 5.19. The Bertz CT molecular complexity index is 976. The molecule has 0 radical (unpaired) electrons. The predicted molar refractivity (Wildman–Crippen MR) is 110 cm³/mol. The van der Waals surface area contributed by atoms with E-state index in [1.807, 2.05) is 31.0 Å². The molecule has 1 atom stereocenters. The van der Waals surface area contributed by atoms with Gasteiger partial charge in [-0.3, -0.25) is 9.78 Å². The van der Waals surface area contributed by atoms with Gasteiger partial charge in [-0.05, 0) is 44.9 Å². The molecule has 3 aromatic rings. The largest absolute Gasteiger partial charge is 0.384 e. The Labute approximate surface area is 169 Å². The molecule has 7 heteroatoms. The third kappa shape index (κ3) is 4.13. The van der Waals surface area contributed by atoms with Crippen LogP contribution in [-0.4, -0.2) is 39.0 Å². The third-order valence-corrected chi connectivity index (χ3v) is 5.61. The van der Waals surface area contributed by atoms with Crippen molar-refractivity contribution in [1.29, 1.82) is 0 Å². The Hall–Kier alpha value is -3.22. The summed E-state index contributed by atoms with van der Waals surface area (Å²) >= 11 is 0. The van der Waals surface area contributed by atoms with Gasteiger partial charge in [0.05, 0.1) is 12.1 Å². The van der Waals surface area contributed by atoms with E-state index in [9.17, 15) is 4.79 Å². The van der Waals surface area contributed by atoms with Crippen LogP contribution in [0.1, 0.15) is 41.5 Å². The molecule has 29 heavy (non-hydrogen) atoms. The summed E-state index contributed by atoms with van der Waals surface area (Å²) in [5.41, 5.74) is 10.4. The number of carbonyl (C=O) groups is 1. The van der Waals surface area contributed by atoms with Crippen molar-refractivity contribution in [3.8, 4) is 11.1 Å². The zero-order valence-electron chi connectivity index (χ0n) is 16.8. The number of nitrogens with zero attached hydrogens (tertiary/aromatic N) is 4. The van der Waals surface area contributed by atoms with Crippen molar-refractivity contribution < 1.29 is 9.32 Å². The molecule has 1 aliphatic rings. The molecule has 0 spiro atoms. The van der Waals surface area contributed by atoms with Crippen LogP contribution in [0.3, 0.4) is 0 Å². The van der Waals surface area contributed by atoms with Gasteiger partial charge < -0.3 is 15.2 Å². The fraction of sp³-hybridized carbons (Fsp3) is 0.364. The molecule has 1 fully saturated rings. The maximum absolute atomic E-state index is 12.8. The molecule has 0 aliphatic carbocycles. The average molecular weight is 391 g/mol. The molecule has 0 bridgehead atoms. The number of nitrogens with two attached hydrogens (primary N) is 1. The summed E-state index contributed by atoms with van der Waals surface area (Å²) in [7, 11) is 0. The number of hydrogen-bond donors (Lipinski definition) is 1. The number of amides is 1. The highest BCUT2D eigenvalue weighted by Crippen LogP contribution is 2.28. The lowest BCUT2D eigenvalue weighted by Crippen LogP contribution is -2.40. The standard InChI is InChI=1S/C22H25N5O2/c1-14-19(15(2)29-26-14)10-22(28)27-9-3-4-18(13-27)20-7-5-16(11-24-20)17-6-8-21(23)25-12-17/h5-8,11-12,18H,3-4,9-10,13H2,1-2H3,(H2,23,25)/t18-/m1/s1. The van der Waals surface area contributed by atoms with Gasteiger partial charge in [0.25, 0.3) is 0 Å². The second-order valence-corrected chi connectivity index (χ2v) is 7.60. The van der Waals surface area contributed by atoms with E-state index < -0.39 is 0 Å². The zero-order chi connectivity index (χ0) is 20.4. The number of likely N-dealkylation sites (tertiary alicyclic amines) is 1. The van der Waals surface area contributed by atoms with E-state index in [2.05, 4.69) is 27.3 Å². The summed E-state index contributed by atoms with van der Waals surface area (Å²) in [5, 5.41) is 3.95. The van der Waals surface area contributed by atoms with Crippen LogP contribution < -0.4 is 5.73 Å². The highest BCUT2D eigenvalue weighted by Gasteiger charge is 2.26. The summed E-state index contributed by atoms with van der Waals surface area (Å²) in [6.07, 6.45) is 5.97. The molecule has 0 aromatic carbocycles. The number of pyridine rings is 2. The summed E-state index contributed by atoms with van der Waals surface area (Å²) in [6, 6.07) is 7.83. The molecule has 0 unspecified atom stereocenters. The topological polar surface area (TPSA) is 98.1 Å². The Morgan fingerprint density at radius 2 is 1.93 bits per heavy atom. The van der Waals surface area contributed by atoms with Gasteiger partial charge in [-0.15, -0.1) is 0 Å². The van der Waals surface area contributed by atoms with Crippen molar-refractivity contribution >= 4 is 11.7 Å². The normalized spacial score (nSPS) is 16.8. The van der Waals surface area contributed by atoms with Gasteiger partial charge in [0.2, 0.25) is 5.91 Å². The first-order valence-electron chi connectivity index (χ1n) is 9.88. The number of aromatic nitrogens is 3. The van der Waals surface area contributed by atoms with E-state index in [4.69, 9.17) is 10.3 Å². The lowest BCUT2D eigenvalue weighted by atomic mass is 9.93. The highest BCUT2D eigenvalue weighted by atomic mass is 16.5. The predicted octanol–water partition coefficient (Wildman–Crippen LogP) is 3.28. The minimum absolute atomic E-state index is 0.119. The smallest absolute Gasteiger partial charge is 0.227 e. The summed E-state index contributed by atoms with van der Waals surface area (Å²) in [5.74, 6) is 1.59. The molecular weight excluding hydrogens is 366 g/mol. The van der Waals surface area contributed by atoms with Crippen LogP contribution in [0.15, 0.2) is 41.2 Å². The Kier molecular flexibility index (Phi) is 5.29. The van der Waals surface area contributed by atoms with Crippen LogP contribution in [0, 0.1) is 13.8 Å². The fourth-order valence-corrected chi connectivity index (χ4v) is 3.86. The van der Waals surface area contributed by atoms with Crippen LogP contribution in [0.4, 0.5) is 5.82 Å². The molecule has 3 aromatic heterocycles. The van der Waals surface area contributed by atoms with Crippen LogP contribution in [-0.2, 0) is 11.2 Å². The third-order valence-electron chi connectivity index (χ3n) is 5.61. The van der Waals surface area contributed by atoms with E-state index in [-0.39, 0.29) is 11.8 Å². The molecule has 4 rings (SSSR count). The lowest BCUT2D eigenvalue weighted by molar-refractivity contribution is -0.131. The minimum Gasteiger partial charge on any atom is -0.384 e. The molecule has 7 nitrogen and oxygen atoms in total. The number of carbonyl (C=O) groups excluding carboxylic acids is 1. The molecule has 1 saturated heterocycles. The number of hydrogen-bond acceptors (Lipinski definition) is 6. The second-order valence-electron chi connectivity index (χ2n) is 7.60. The quantitative estimate of drug-likeness (QED) is 0.733. The molecular formula is C22H25N5O2. The Morgan fingerprint density at radius 3 is 2.55 bits per heavy atom. The van der Waals surface area contributed by atoms with Crippen LogP contribution in [0.25, 0.3) is 11.1 Å². The fourth-order valence-electron chi connectivity index (χ4n) is 3.86. The van der Waals surface area contributed by atoms with Gasteiger partial charge in [-0.1, -0.05) is 11.2 Å². The molecule has 1 amide bonds. The number of piperidine rings is 1. The summed E-state index contributed by atoms with van der Waals surface area (Å²) in [6.45, 7) is 5.20. The van der Waals surface area contributed by atoms with Crippen molar-refractivity contribution in [2.24, 2.45) is 0 Å². The van der Waals surface area contributed by atoms with Crippen LogP contribution in [0.5, 0.6) is 0 Å². The van der Waals surface area contributed by atoms with Crippen molar-refractivity contribution in [3.05, 3.63) is 59.4 Å². The van der Waals surface area contributed by atoms with E-state index in [1.54, 1.807) is 12.3 Å². The number of nitrogen functional groups attached to an aromatic ring is 1. The van der Waals surface area contributed by atoms with Gasteiger partial charge in [0.15, 0.2) is 0 Å². The van der Waals surface area contributed by atoms with E-state index in [1.165, 1.54) is 0 Å². The molecule has 0 saturated carbocycles. The van der Waals surface area contributed by atoms with Gasteiger partial charge in [0.1, 0.15) is 11.6 Å². The van der Waals surface area contributed by atoms with E-state index >= 15 is 0 Å². The van der Waals surface area contributed by atoms with Crippen molar-refractivity contribution in [2.45, 2.75) is 39.0 Å². The highest BCUT2D eigenvalue weighted by molar-refractivity contribution is 5.79. The van der Waals surface area contributed by atoms with Gasteiger partial charge >= 0.3 is 0 Å². The zero-order valence-corrected chi connectivity index (χ0v) is 16.8. The number of rotatable bonds is 4. The maximum Gasteiger partial charge on any atom is 0.227 e. The second kappa shape index (κ2) is 8.03. The monoisotopic (exact) mass is 391 g/mol. The van der Waals surface area contributed by atoms with Crippen LogP contribution in [0.2, 0.25) is 0 Å². The van der Waals surface area contributed by atoms with Gasteiger partial charge in [-0.25, -0.2) is 4.98 Å². The first-order valence-corrected chi connectivity index (χ1v) is 9.88. The van der Waals surface area contributed by atoms with Crippen molar-refractivity contribution in [1.82, 2.24) is 20.0 Å². The van der Waals surface area contributed by atoms with Gasteiger partial charge in [-0.2, -0.15) is 0 Å². The van der Waals surface area contributed by atoms with Crippen molar-refractivity contribution in [2.75, 3.05) is 18.8 Å². The number of aryl methyl sites for hydroxylation is 2. The molecule has 1 aliphatic heterocycles. The SMILES string of the molecule is Cc1noc(C)c1CC(=O)N1CCC[C@@H](c2ccc(-c3ccc(N)nc3)cn2)C1. The molecule has 2 N–H and O–H groups in total. The maximum atomic E-state index is 12.8. The van der Waals surface area contributed by atoms with Gasteiger partial charge in [0, 0.05) is 53.8 Å². The number of anilines is 1. The van der Waals surface area contributed by atoms with E-state index in [0.717, 1.165) is 53.2 Å². The minimum atomic E-state index is 0.119. The Balaban J connectivity index is 1.44. The van der Waals surface area contributed by atoms with Crippen LogP contribution >= 0.6 is 0 Å². The summed E-state index contributed by atoms with van der Waals surface area (Å²) in [4.78, 5) is 23.6. The van der Waals surface area contributed by atoms with E-state index in [0.29, 0.717) is 18.8 Å². The lowest BCUT2D eigenvalue weighted by Gasteiger charge is -2.32. The molecule has 4 heterocycles. The molecule has 150 valence electrons. The first-order chi connectivity index (χ1) is 14.0. The Morgan fingerprint density at radius 1 is 1.17 bits per heavy atom. The first kappa shape index (κ1) is 19.1. The average Bonchev–Trinajstić information content (AvgIpc) is 3.06. The van der Waals surface area contributed by atoms with Crippen molar-refractivity contribution in [3.63, 3.8) is 0 Å².